The Morgan fingerprint density at radius 1 is 1.25 bits per heavy atom. The molecule has 24 heavy (non-hydrogen) atoms. The maximum atomic E-state index is 12.6. The SMILES string of the molecule is Cn1c2c(c3ccccc31)CC(C(N)=O)N(C(=O)OC(C)(C)C)C2. The second kappa shape index (κ2) is 5.54. The Labute approximate surface area is 141 Å². The van der Waals surface area contributed by atoms with Crippen LogP contribution in [0.1, 0.15) is 32.0 Å². The minimum Gasteiger partial charge on any atom is -0.444 e. The molecular weight excluding hydrogens is 306 g/mol. The summed E-state index contributed by atoms with van der Waals surface area (Å²) >= 11 is 0. The number of aryl methyl sites for hydroxylation is 1. The van der Waals surface area contributed by atoms with E-state index in [4.69, 9.17) is 10.5 Å². The number of rotatable bonds is 1. The maximum Gasteiger partial charge on any atom is 0.411 e. The summed E-state index contributed by atoms with van der Waals surface area (Å²) in [7, 11) is 1.97. The molecule has 1 unspecified atom stereocenters. The van der Waals surface area contributed by atoms with Crippen molar-refractivity contribution in [2.75, 3.05) is 0 Å². The van der Waals surface area contributed by atoms with Crippen LogP contribution in [-0.4, -0.2) is 33.1 Å². The van der Waals surface area contributed by atoms with Crippen molar-refractivity contribution in [3.8, 4) is 0 Å². The van der Waals surface area contributed by atoms with E-state index >= 15 is 0 Å². The van der Waals surface area contributed by atoms with Gasteiger partial charge in [0.15, 0.2) is 0 Å². The van der Waals surface area contributed by atoms with Gasteiger partial charge >= 0.3 is 6.09 Å². The van der Waals surface area contributed by atoms with Crippen LogP contribution >= 0.6 is 0 Å². The third kappa shape index (κ3) is 2.72. The molecule has 3 rings (SSSR count). The largest absolute Gasteiger partial charge is 0.444 e. The van der Waals surface area contributed by atoms with Gasteiger partial charge in [0.1, 0.15) is 11.6 Å². The zero-order valence-corrected chi connectivity index (χ0v) is 14.5. The number of primary amides is 1. The van der Waals surface area contributed by atoms with Crippen LogP contribution in [0, 0.1) is 0 Å². The zero-order chi connectivity index (χ0) is 17.6. The molecule has 1 aromatic heterocycles. The van der Waals surface area contributed by atoms with Gasteiger partial charge in [0, 0.05) is 30.1 Å². The summed E-state index contributed by atoms with van der Waals surface area (Å²) in [6.45, 7) is 5.71. The van der Waals surface area contributed by atoms with Gasteiger partial charge in [-0.05, 0) is 32.4 Å². The summed E-state index contributed by atoms with van der Waals surface area (Å²) in [6, 6.07) is 7.32. The van der Waals surface area contributed by atoms with Crippen molar-refractivity contribution in [3.63, 3.8) is 0 Å². The molecule has 2 amide bonds. The van der Waals surface area contributed by atoms with Gasteiger partial charge < -0.3 is 15.0 Å². The topological polar surface area (TPSA) is 77.6 Å². The molecule has 0 fully saturated rings. The molecule has 0 aliphatic carbocycles. The van der Waals surface area contributed by atoms with Gasteiger partial charge in [-0.15, -0.1) is 0 Å². The Morgan fingerprint density at radius 2 is 1.92 bits per heavy atom. The van der Waals surface area contributed by atoms with Crippen LogP contribution < -0.4 is 5.73 Å². The lowest BCUT2D eigenvalue weighted by molar-refractivity contribution is -0.123. The van der Waals surface area contributed by atoms with E-state index in [2.05, 4.69) is 4.57 Å². The minimum atomic E-state index is -0.696. The Balaban J connectivity index is 2.05. The number of ether oxygens (including phenoxy) is 1. The number of fused-ring (bicyclic) bond motifs is 3. The average molecular weight is 329 g/mol. The normalized spacial score (nSPS) is 17.7. The molecule has 6 nitrogen and oxygen atoms in total. The molecule has 2 N–H and O–H groups in total. The quantitative estimate of drug-likeness (QED) is 0.872. The van der Waals surface area contributed by atoms with E-state index in [0.29, 0.717) is 13.0 Å². The minimum absolute atomic E-state index is 0.309. The second-order valence-electron chi connectivity index (χ2n) is 7.23. The smallest absolute Gasteiger partial charge is 0.411 e. The molecule has 0 bridgehead atoms. The van der Waals surface area contributed by atoms with Gasteiger partial charge in [-0.3, -0.25) is 9.69 Å². The van der Waals surface area contributed by atoms with Gasteiger partial charge in [0.2, 0.25) is 5.91 Å². The van der Waals surface area contributed by atoms with E-state index in [1.807, 2.05) is 31.3 Å². The third-order valence-electron chi connectivity index (χ3n) is 4.39. The van der Waals surface area contributed by atoms with Crippen molar-refractivity contribution in [3.05, 3.63) is 35.5 Å². The van der Waals surface area contributed by atoms with Crippen LogP contribution in [0.15, 0.2) is 24.3 Å². The number of nitrogens with zero attached hydrogens (tertiary/aromatic N) is 2. The number of nitrogens with two attached hydrogens (primary N) is 1. The Hall–Kier alpha value is -2.50. The van der Waals surface area contributed by atoms with Crippen LogP contribution in [-0.2, 0) is 29.5 Å². The molecule has 2 aromatic rings. The standard InChI is InChI=1S/C18H23N3O3/c1-18(2,3)24-17(23)21-10-15-12(9-14(21)16(19)22)11-7-5-6-8-13(11)20(15)4/h5-8,14H,9-10H2,1-4H3,(H2,19,22). The van der Waals surface area contributed by atoms with Crippen LogP contribution in [0.4, 0.5) is 4.79 Å². The first-order valence-corrected chi connectivity index (χ1v) is 8.03. The third-order valence-corrected chi connectivity index (χ3v) is 4.39. The van der Waals surface area contributed by atoms with Gasteiger partial charge in [-0.25, -0.2) is 4.79 Å². The van der Waals surface area contributed by atoms with E-state index < -0.39 is 23.6 Å². The molecule has 1 atom stereocenters. The van der Waals surface area contributed by atoms with E-state index in [1.54, 1.807) is 20.8 Å². The molecule has 1 aliphatic rings. The first-order valence-electron chi connectivity index (χ1n) is 8.03. The lowest BCUT2D eigenvalue weighted by Gasteiger charge is -2.35. The number of hydrogen-bond donors (Lipinski definition) is 1. The summed E-state index contributed by atoms with van der Waals surface area (Å²) in [6.07, 6.45) is -0.104. The number of hydrogen-bond acceptors (Lipinski definition) is 3. The summed E-state index contributed by atoms with van der Waals surface area (Å²) in [5, 5.41) is 1.10. The van der Waals surface area contributed by atoms with Crippen molar-refractivity contribution in [1.82, 2.24) is 9.47 Å². The molecule has 128 valence electrons. The second-order valence-corrected chi connectivity index (χ2v) is 7.23. The number of carbonyl (C=O) groups excluding carboxylic acids is 2. The number of para-hydroxylation sites is 1. The van der Waals surface area contributed by atoms with Crippen molar-refractivity contribution >= 4 is 22.9 Å². The molecule has 0 spiro atoms. The maximum absolute atomic E-state index is 12.6. The summed E-state index contributed by atoms with van der Waals surface area (Å²) in [5.41, 5.74) is 8.12. The molecule has 0 saturated heterocycles. The number of benzene rings is 1. The highest BCUT2D eigenvalue weighted by Crippen LogP contribution is 2.33. The predicted octanol–water partition coefficient (Wildman–Crippen LogP) is 2.33. The van der Waals surface area contributed by atoms with Crippen molar-refractivity contribution in [2.24, 2.45) is 12.8 Å². The number of carbonyl (C=O) groups is 2. The van der Waals surface area contributed by atoms with Crippen molar-refractivity contribution < 1.29 is 14.3 Å². The first kappa shape index (κ1) is 16.4. The lowest BCUT2D eigenvalue weighted by atomic mass is 9.96. The summed E-state index contributed by atoms with van der Waals surface area (Å²) in [4.78, 5) is 25.9. The monoisotopic (exact) mass is 329 g/mol. The number of amides is 2. The molecule has 6 heteroatoms. The fraction of sp³-hybridized carbons (Fsp3) is 0.444. The number of aromatic nitrogens is 1. The highest BCUT2D eigenvalue weighted by atomic mass is 16.6. The van der Waals surface area contributed by atoms with Crippen LogP contribution in [0.3, 0.4) is 0 Å². The molecular formula is C18H23N3O3. The first-order chi connectivity index (χ1) is 11.2. The molecule has 1 aliphatic heterocycles. The van der Waals surface area contributed by atoms with E-state index in [9.17, 15) is 9.59 Å². The van der Waals surface area contributed by atoms with Crippen LogP contribution in [0.2, 0.25) is 0 Å². The van der Waals surface area contributed by atoms with Crippen LogP contribution in [0.5, 0.6) is 0 Å². The molecule has 1 aromatic carbocycles. The van der Waals surface area contributed by atoms with Crippen LogP contribution in [0.25, 0.3) is 10.9 Å². The van der Waals surface area contributed by atoms with Gasteiger partial charge in [0.25, 0.3) is 0 Å². The van der Waals surface area contributed by atoms with E-state index in [0.717, 1.165) is 22.2 Å². The van der Waals surface area contributed by atoms with E-state index in [1.165, 1.54) is 4.90 Å². The van der Waals surface area contributed by atoms with Crippen molar-refractivity contribution in [2.45, 2.75) is 45.4 Å². The van der Waals surface area contributed by atoms with E-state index in [-0.39, 0.29) is 0 Å². The fourth-order valence-corrected chi connectivity index (χ4v) is 3.30. The molecule has 0 saturated carbocycles. The molecule has 2 heterocycles. The predicted molar refractivity (Wildman–Crippen MR) is 91.4 cm³/mol. The lowest BCUT2D eigenvalue weighted by Crippen LogP contribution is -2.52. The summed E-state index contributed by atoms with van der Waals surface area (Å²) < 4.78 is 7.53. The highest BCUT2D eigenvalue weighted by Gasteiger charge is 2.38. The highest BCUT2D eigenvalue weighted by molar-refractivity contribution is 5.90. The summed E-state index contributed by atoms with van der Waals surface area (Å²) in [5.74, 6) is -0.514. The Kier molecular flexibility index (Phi) is 3.78. The fourth-order valence-electron chi connectivity index (χ4n) is 3.30. The zero-order valence-electron chi connectivity index (χ0n) is 14.5. The van der Waals surface area contributed by atoms with Gasteiger partial charge in [-0.1, -0.05) is 18.2 Å². The Morgan fingerprint density at radius 3 is 2.54 bits per heavy atom. The Bertz CT molecular complexity index is 817. The molecule has 0 radical (unpaired) electrons. The van der Waals surface area contributed by atoms with Gasteiger partial charge in [-0.2, -0.15) is 0 Å². The average Bonchev–Trinajstić information content (AvgIpc) is 2.77. The van der Waals surface area contributed by atoms with Crippen molar-refractivity contribution in [1.29, 1.82) is 0 Å². The van der Waals surface area contributed by atoms with Gasteiger partial charge in [0.05, 0.1) is 6.54 Å².